The third-order valence-electron chi connectivity index (χ3n) is 4.65. The number of halogens is 1. The molecule has 1 amide bonds. The minimum Gasteiger partial charge on any atom is -0.370 e. The molecule has 7 heteroatoms. The summed E-state index contributed by atoms with van der Waals surface area (Å²) in [6.07, 6.45) is 2.47. The zero-order valence-corrected chi connectivity index (χ0v) is 12.8. The summed E-state index contributed by atoms with van der Waals surface area (Å²) in [6, 6.07) is 4.28. The largest absolute Gasteiger partial charge is 0.370 e. The number of aryl methyl sites for hydroxylation is 1. The normalized spacial score (nSPS) is 23.3. The average molecular weight is 316 g/mol. The minimum atomic E-state index is -0.395. The van der Waals surface area contributed by atoms with Crippen LogP contribution in [0.15, 0.2) is 24.4 Å². The molecule has 3 heterocycles. The van der Waals surface area contributed by atoms with Crippen molar-refractivity contribution in [1.29, 1.82) is 0 Å². The number of piperidine rings is 1. The first-order valence-corrected chi connectivity index (χ1v) is 7.69. The van der Waals surface area contributed by atoms with Gasteiger partial charge in [0, 0.05) is 18.7 Å². The monoisotopic (exact) mass is 316 g/mol. The predicted octanol–water partition coefficient (Wildman–Crippen LogP) is 1.71. The Balaban J connectivity index is 1.60. The SMILES string of the molecule is Cc1ccc(F)cc1C(=O)N1CC[C@H]2OCc3cnnn3[C@H]2C1. The maximum absolute atomic E-state index is 13.5. The third-order valence-corrected chi connectivity index (χ3v) is 4.65. The Kier molecular flexibility index (Phi) is 3.37. The van der Waals surface area contributed by atoms with Crippen LogP contribution in [0.5, 0.6) is 0 Å². The number of fused-ring (bicyclic) bond motifs is 3. The van der Waals surface area contributed by atoms with Crippen molar-refractivity contribution < 1.29 is 13.9 Å². The molecule has 1 saturated heterocycles. The van der Waals surface area contributed by atoms with Gasteiger partial charge in [-0.3, -0.25) is 4.79 Å². The van der Waals surface area contributed by atoms with Crippen molar-refractivity contribution >= 4 is 5.91 Å². The fourth-order valence-electron chi connectivity index (χ4n) is 3.36. The van der Waals surface area contributed by atoms with Crippen LogP contribution in [0.25, 0.3) is 0 Å². The number of amides is 1. The molecule has 23 heavy (non-hydrogen) atoms. The van der Waals surface area contributed by atoms with Gasteiger partial charge in [-0.05, 0) is 31.0 Å². The van der Waals surface area contributed by atoms with Crippen molar-refractivity contribution in [1.82, 2.24) is 19.9 Å². The van der Waals surface area contributed by atoms with Crippen LogP contribution >= 0.6 is 0 Å². The number of likely N-dealkylation sites (tertiary alicyclic amines) is 1. The van der Waals surface area contributed by atoms with Crippen LogP contribution in [-0.2, 0) is 11.3 Å². The fraction of sp³-hybridized carbons (Fsp3) is 0.438. The number of carbonyl (C=O) groups excluding carboxylic acids is 1. The van der Waals surface area contributed by atoms with Gasteiger partial charge in [-0.15, -0.1) is 5.10 Å². The molecule has 1 fully saturated rings. The molecular weight excluding hydrogens is 299 g/mol. The van der Waals surface area contributed by atoms with E-state index >= 15 is 0 Å². The van der Waals surface area contributed by atoms with Crippen molar-refractivity contribution in [3.63, 3.8) is 0 Å². The smallest absolute Gasteiger partial charge is 0.254 e. The second-order valence-corrected chi connectivity index (χ2v) is 6.09. The van der Waals surface area contributed by atoms with Gasteiger partial charge in [-0.1, -0.05) is 11.3 Å². The summed E-state index contributed by atoms with van der Waals surface area (Å²) in [7, 11) is 0. The molecule has 6 nitrogen and oxygen atoms in total. The fourth-order valence-corrected chi connectivity index (χ4v) is 3.36. The maximum Gasteiger partial charge on any atom is 0.254 e. The summed E-state index contributed by atoms with van der Waals surface area (Å²) < 4.78 is 21.2. The van der Waals surface area contributed by atoms with Crippen molar-refractivity contribution in [3.05, 3.63) is 47.0 Å². The van der Waals surface area contributed by atoms with Gasteiger partial charge in [0.2, 0.25) is 0 Å². The zero-order chi connectivity index (χ0) is 16.0. The second kappa shape index (κ2) is 5.42. The Morgan fingerprint density at radius 2 is 2.30 bits per heavy atom. The Labute approximate surface area is 132 Å². The molecule has 2 aliphatic heterocycles. The van der Waals surface area contributed by atoms with E-state index < -0.39 is 5.82 Å². The molecule has 2 aromatic rings. The first-order chi connectivity index (χ1) is 11.1. The summed E-state index contributed by atoms with van der Waals surface area (Å²) >= 11 is 0. The molecular formula is C16H17FN4O2. The van der Waals surface area contributed by atoms with Crippen LogP contribution in [0.3, 0.4) is 0 Å². The van der Waals surface area contributed by atoms with Gasteiger partial charge in [0.1, 0.15) is 5.82 Å². The van der Waals surface area contributed by atoms with E-state index in [1.54, 1.807) is 17.2 Å². The predicted molar refractivity (Wildman–Crippen MR) is 79.3 cm³/mol. The number of hydrogen-bond donors (Lipinski definition) is 0. The lowest BCUT2D eigenvalue weighted by molar-refractivity contribution is -0.0605. The number of carbonyl (C=O) groups is 1. The molecule has 0 aliphatic carbocycles. The summed E-state index contributed by atoms with van der Waals surface area (Å²) in [5, 5.41) is 8.06. The molecule has 2 atom stereocenters. The van der Waals surface area contributed by atoms with E-state index in [0.29, 0.717) is 25.3 Å². The summed E-state index contributed by atoms with van der Waals surface area (Å²) in [6.45, 7) is 3.42. The van der Waals surface area contributed by atoms with E-state index in [1.807, 2.05) is 11.6 Å². The lowest BCUT2D eigenvalue weighted by atomic mass is 9.98. The first-order valence-electron chi connectivity index (χ1n) is 7.69. The minimum absolute atomic E-state index is 0.0344. The number of nitrogens with zero attached hydrogens (tertiary/aromatic N) is 4. The van der Waals surface area contributed by atoms with Crippen molar-refractivity contribution in [2.24, 2.45) is 0 Å². The lowest BCUT2D eigenvalue weighted by Crippen LogP contribution is -2.50. The van der Waals surface area contributed by atoms with Gasteiger partial charge >= 0.3 is 0 Å². The highest BCUT2D eigenvalue weighted by molar-refractivity contribution is 5.95. The summed E-state index contributed by atoms with van der Waals surface area (Å²) in [5.41, 5.74) is 2.11. The summed E-state index contributed by atoms with van der Waals surface area (Å²) in [4.78, 5) is 14.5. The van der Waals surface area contributed by atoms with Crippen LogP contribution in [0.2, 0.25) is 0 Å². The highest BCUT2D eigenvalue weighted by atomic mass is 19.1. The van der Waals surface area contributed by atoms with E-state index in [2.05, 4.69) is 10.3 Å². The molecule has 1 aromatic heterocycles. The van der Waals surface area contributed by atoms with Crippen molar-refractivity contribution in [3.8, 4) is 0 Å². The number of aromatic nitrogens is 3. The number of ether oxygens (including phenoxy) is 1. The van der Waals surface area contributed by atoms with Gasteiger partial charge in [0.05, 0.1) is 30.6 Å². The maximum atomic E-state index is 13.5. The van der Waals surface area contributed by atoms with Crippen LogP contribution in [0.1, 0.15) is 34.1 Å². The van der Waals surface area contributed by atoms with Crippen molar-refractivity contribution in [2.75, 3.05) is 13.1 Å². The molecule has 120 valence electrons. The Hall–Kier alpha value is -2.28. The molecule has 4 rings (SSSR count). The molecule has 0 unspecified atom stereocenters. The molecule has 2 aliphatic rings. The van der Waals surface area contributed by atoms with E-state index in [4.69, 9.17) is 4.74 Å². The second-order valence-electron chi connectivity index (χ2n) is 6.09. The first kappa shape index (κ1) is 14.3. The molecule has 1 aromatic carbocycles. The van der Waals surface area contributed by atoms with Gasteiger partial charge in [-0.25, -0.2) is 9.07 Å². The van der Waals surface area contributed by atoms with Crippen molar-refractivity contribution in [2.45, 2.75) is 32.1 Å². The Morgan fingerprint density at radius 3 is 3.17 bits per heavy atom. The molecule has 0 N–H and O–H groups in total. The Bertz CT molecular complexity index is 760. The third kappa shape index (κ3) is 2.41. The standard InChI is InChI=1S/C16H17FN4O2/c1-10-2-3-11(17)6-13(10)16(22)20-5-4-15-14(8-20)21-12(9-23-15)7-18-19-21/h2-3,6-7,14-15H,4-5,8-9H2,1H3/t14-,15+/m0/s1. The lowest BCUT2D eigenvalue weighted by Gasteiger charge is -2.41. The molecule has 0 spiro atoms. The van der Waals surface area contributed by atoms with E-state index in [9.17, 15) is 9.18 Å². The van der Waals surface area contributed by atoms with Crippen LogP contribution in [-0.4, -0.2) is 45.0 Å². The number of benzene rings is 1. The van der Waals surface area contributed by atoms with Gasteiger partial charge in [0.15, 0.2) is 0 Å². The molecule has 0 bridgehead atoms. The van der Waals surface area contributed by atoms with Crippen LogP contribution in [0.4, 0.5) is 4.39 Å². The van der Waals surface area contributed by atoms with E-state index in [0.717, 1.165) is 17.7 Å². The highest BCUT2D eigenvalue weighted by Gasteiger charge is 2.38. The van der Waals surface area contributed by atoms with E-state index in [1.165, 1.54) is 12.1 Å². The van der Waals surface area contributed by atoms with Crippen LogP contribution < -0.4 is 0 Å². The van der Waals surface area contributed by atoms with Gasteiger partial charge < -0.3 is 9.64 Å². The van der Waals surface area contributed by atoms with Gasteiger partial charge in [0.25, 0.3) is 5.91 Å². The quantitative estimate of drug-likeness (QED) is 0.803. The number of hydrogen-bond acceptors (Lipinski definition) is 4. The van der Waals surface area contributed by atoms with E-state index in [-0.39, 0.29) is 18.1 Å². The number of rotatable bonds is 1. The topological polar surface area (TPSA) is 60.3 Å². The zero-order valence-electron chi connectivity index (χ0n) is 12.8. The summed E-state index contributed by atoms with van der Waals surface area (Å²) in [5.74, 6) is -0.541. The molecule has 0 saturated carbocycles. The van der Waals surface area contributed by atoms with Gasteiger partial charge in [-0.2, -0.15) is 0 Å². The highest BCUT2D eigenvalue weighted by Crippen LogP contribution is 2.30. The Morgan fingerprint density at radius 1 is 1.43 bits per heavy atom. The molecule has 0 radical (unpaired) electrons. The average Bonchev–Trinajstić information content (AvgIpc) is 3.05. The van der Waals surface area contributed by atoms with Crippen LogP contribution in [0, 0.1) is 12.7 Å².